The molecule has 2 saturated heterocycles. The molecule has 4 rings (SSSR count). The summed E-state index contributed by atoms with van der Waals surface area (Å²) in [6, 6.07) is 1.63. The van der Waals surface area contributed by atoms with Gasteiger partial charge in [0.1, 0.15) is 6.10 Å². The molecule has 0 bridgehead atoms. The Bertz CT molecular complexity index is 971. The molecule has 31 heavy (non-hydrogen) atoms. The molecule has 2 heterocycles. The van der Waals surface area contributed by atoms with Crippen LogP contribution < -0.4 is 0 Å². The van der Waals surface area contributed by atoms with E-state index in [9.17, 15) is 35.5 Å². The summed E-state index contributed by atoms with van der Waals surface area (Å²) in [7, 11) is 0. The Hall–Kier alpha value is -2.04. The zero-order valence-electron chi connectivity index (χ0n) is 15.6. The number of ether oxygens (including phenoxy) is 1. The van der Waals surface area contributed by atoms with E-state index < -0.39 is 54.3 Å². The van der Waals surface area contributed by atoms with Crippen molar-refractivity contribution in [3.8, 4) is 0 Å². The van der Waals surface area contributed by atoms with Gasteiger partial charge in [0.05, 0.1) is 17.6 Å². The monoisotopic (exact) mass is 513 g/mol. The second-order valence-corrected chi connectivity index (χ2v) is 8.60. The molecule has 1 unspecified atom stereocenters. The molecular formula is C20H15BrF7NO2. The number of hydrogen-bond donors (Lipinski definition) is 0. The SMILES string of the molecule is O=C1O[C@H](C2=CC=CC(F)(C(F)(F)F)C2)[C@@H]2CC[C@@H](c3cc(C(F)(F)F)ccc3Br)N12. The van der Waals surface area contributed by atoms with Crippen molar-refractivity contribution < 1.29 is 40.3 Å². The first-order chi connectivity index (χ1) is 14.3. The number of hydrogen-bond acceptors (Lipinski definition) is 2. The number of cyclic esters (lactones) is 1. The van der Waals surface area contributed by atoms with Gasteiger partial charge in [0.15, 0.2) is 0 Å². The standard InChI is InChI=1S/C20H15BrF7NO2/c21-13-4-3-11(19(23,24)25)8-12(13)14-5-6-15-16(31-17(30)29(14)15)10-2-1-7-18(22,9-10)20(26,27)28/h1-4,7-8,14-16H,5-6,9H2/t14-,15-,16+,18?/m0/s1. The minimum Gasteiger partial charge on any atom is -0.439 e. The Balaban J connectivity index is 1.62. The molecule has 0 radical (unpaired) electrons. The number of alkyl halides is 7. The fourth-order valence-electron chi connectivity index (χ4n) is 4.38. The van der Waals surface area contributed by atoms with Crippen molar-refractivity contribution in [2.24, 2.45) is 0 Å². The van der Waals surface area contributed by atoms with Crippen LogP contribution in [-0.4, -0.2) is 35.0 Å². The van der Waals surface area contributed by atoms with Gasteiger partial charge in [0.2, 0.25) is 5.67 Å². The molecule has 0 saturated carbocycles. The Morgan fingerprint density at radius 1 is 1.13 bits per heavy atom. The number of carbonyl (C=O) groups is 1. The molecule has 2 aliphatic heterocycles. The van der Waals surface area contributed by atoms with Crippen LogP contribution in [0.25, 0.3) is 0 Å². The zero-order chi connectivity index (χ0) is 22.8. The molecule has 11 heteroatoms. The highest BCUT2D eigenvalue weighted by atomic mass is 79.9. The summed E-state index contributed by atoms with van der Waals surface area (Å²) in [5.74, 6) is 0. The highest BCUT2D eigenvalue weighted by Gasteiger charge is 2.58. The first kappa shape index (κ1) is 22.2. The molecule has 3 aliphatic rings. The molecule has 1 aromatic rings. The minimum atomic E-state index is -5.13. The molecule has 1 amide bonds. The van der Waals surface area contributed by atoms with Crippen molar-refractivity contribution in [2.75, 3.05) is 0 Å². The number of halogens is 8. The second-order valence-electron chi connectivity index (χ2n) is 7.74. The van der Waals surface area contributed by atoms with Crippen LogP contribution in [0.1, 0.15) is 36.4 Å². The first-order valence-corrected chi connectivity index (χ1v) is 10.1. The largest absolute Gasteiger partial charge is 0.439 e. The number of amides is 1. The Morgan fingerprint density at radius 3 is 2.48 bits per heavy atom. The van der Waals surface area contributed by atoms with Gasteiger partial charge in [0, 0.05) is 10.9 Å². The lowest BCUT2D eigenvalue weighted by Gasteiger charge is -2.30. The minimum absolute atomic E-state index is 0.0214. The van der Waals surface area contributed by atoms with E-state index >= 15 is 0 Å². The van der Waals surface area contributed by atoms with Crippen LogP contribution in [0.4, 0.5) is 35.5 Å². The molecule has 0 N–H and O–H groups in total. The van der Waals surface area contributed by atoms with Crippen LogP contribution >= 0.6 is 15.9 Å². The number of rotatable bonds is 2. The van der Waals surface area contributed by atoms with E-state index in [1.807, 2.05) is 0 Å². The molecule has 0 spiro atoms. The average molecular weight is 514 g/mol. The van der Waals surface area contributed by atoms with Crippen LogP contribution in [0, 0.1) is 0 Å². The number of nitrogens with zero attached hydrogens (tertiary/aromatic N) is 1. The fourth-order valence-corrected chi connectivity index (χ4v) is 4.89. The third-order valence-electron chi connectivity index (χ3n) is 5.87. The molecular weight excluding hydrogens is 499 g/mol. The lowest BCUT2D eigenvalue weighted by molar-refractivity contribution is -0.212. The fraction of sp³-hybridized carbons (Fsp3) is 0.450. The molecule has 2 fully saturated rings. The van der Waals surface area contributed by atoms with Crippen LogP contribution in [0.15, 0.2) is 46.5 Å². The maximum Gasteiger partial charge on any atom is 0.426 e. The van der Waals surface area contributed by atoms with Gasteiger partial charge >= 0.3 is 18.4 Å². The third-order valence-corrected chi connectivity index (χ3v) is 6.59. The predicted molar refractivity (Wildman–Crippen MR) is 98.7 cm³/mol. The van der Waals surface area contributed by atoms with Crippen LogP contribution in [0.2, 0.25) is 0 Å². The summed E-state index contributed by atoms with van der Waals surface area (Å²) >= 11 is 3.21. The van der Waals surface area contributed by atoms with Gasteiger partial charge in [-0.05, 0) is 48.3 Å². The van der Waals surface area contributed by atoms with Crippen LogP contribution in [-0.2, 0) is 10.9 Å². The Labute approximate surface area is 180 Å². The van der Waals surface area contributed by atoms with Gasteiger partial charge in [-0.3, -0.25) is 4.90 Å². The topological polar surface area (TPSA) is 29.5 Å². The molecule has 0 aromatic heterocycles. The van der Waals surface area contributed by atoms with E-state index in [0.29, 0.717) is 17.0 Å². The van der Waals surface area contributed by atoms with E-state index in [1.54, 1.807) is 0 Å². The van der Waals surface area contributed by atoms with E-state index in [4.69, 9.17) is 4.74 Å². The van der Waals surface area contributed by atoms with Crippen molar-refractivity contribution in [2.45, 2.75) is 55.5 Å². The van der Waals surface area contributed by atoms with Crippen LogP contribution in [0.5, 0.6) is 0 Å². The summed E-state index contributed by atoms with van der Waals surface area (Å²) in [5, 5.41) is 0. The molecule has 3 nitrogen and oxygen atoms in total. The summed E-state index contributed by atoms with van der Waals surface area (Å²) in [6.07, 6.45) is -9.45. The zero-order valence-corrected chi connectivity index (χ0v) is 17.2. The Morgan fingerprint density at radius 2 is 1.84 bits per heavy atom. The number of benzene rings is 1. The van der Waals surface area contributed by atoms with Crippen LogP contribution in [0.3, 0.4) is 0 Å². The second kappa shape index (κ2) is 7.25. The molecule has 168 valence electrons. The summed E-state index contributed by atoms with van der Waals surface area (Å²) in [5.41, 5.74) is -4.25. The van der Waals surface area contributed by atoms with E-state index in [2.05, 4.69) is 15.9 Å². The summed E-state index contributed by atoms with van der Waals surface area (Å²) in [4.78, 5) is 13.8. The molecule has 4 atom stereocenters. The quantitative estimate of drug-likeness (QED) is 0.414. The van der Waals surface area contributed by atoms with Gasteiger partial charge in [-0.25, -0.2) is 9.18 Å². The van der Waals surface area contributed by atoms with Crippen molar-refractivity contribution in [3.63, 3.8) is 0 Å². The molecule has 1 aliphatic carbocycles. The smallest absolute Gasteiger partial charge is 0.426 e. The van der Waals surface area contributed by atoms with Gasteiger partial charge < -0.3 is 4.74 Å². The Kier molecular flexibility index (Phi) is 5.18. The first-order valence-electron chi connectivity index (χ1n) is 9.31. The lowest BCUT2D eigenvalue weighted by Crippen LogP contribution is -2.42. The highest BCUT2D eigenvalue weighted by Crippen LogP contribution is 2.49. The lowest BCUT2D eigenvalue weighted by atomic mass is 9.86. The van der Waals surface area contributed by atoms with E-state index in [1.165, 1.54) is 17.0 Å². The maximum atomic E-state index is 14.5. The van der Waals surface area contributed by atoms with E-state index in [-0.39, 0.29) is 17.6 Å². The normalized spacial score (nSPS) is 31.0. The average Bonchev–Trinajstić information content (AvgIpc) is 3.22. The van der Waals surface area contributed by atoms with Gasteiger partial charge in [-0.1, -0.05) is 28.1 Å². The maximum absolute atomic E-state index is 14.5. The summed E-state index contributed by atoms with van der Waals surface area (Å²) in [6.45, 7) is 0. The van der Waals surface area contributed by atoms with Gasteiger partial charge in [-0.15, -0.1) is 0 Å². The predicted octanol–water partition coefficient (Wildman–Crippen LogP) is 6.65. The molecule has 1 aromatic carbocycles. The third kappa shape index (κ3) is 3.74. The number of fused-ring (bicyclic) bond motifs is 1. The summed E-state index contributed by atoms with van der Waals surface area (Å²) < 4.78 is 98.9. The van der Waals surface area contributed by atoms with Gasteiger partial charge in [0.25, 0.3) is 0 Å². The van der Waals surface area contributed by atoms with Crippen molar-refractivity contribution in [1.82, 2.24) is 4.90 Å². The van der Waals surface area contributed by atoms with Gasteiger partial charge in [-0.2, -0.15) is 26.3 Å². The van der Waals surface area contributed by atoms with Crippen molar-refractivity contribution in [3.05, 3.63) is 57.6 Å². The van der Waals surface area contributed by atoms with Crippen molar-refractivity contribution in [1.29, 1.82) is 0 Å². The number of allylic oxidation sites excluding steroid dienone is 3. The highest BCUT2D eigenvalue weighted by molar-refractivity contribution is 9.10. The van der Waals surface area contributed by atoms with Crippen molar-refractivity contribution >= 4 is 22.0 Å². The number of carbonyl (C=O) groups excluding carboxylic acids is 1. The van der Waals surface area contributed by atoms with E-state index in [0.717, 1.165) is 18.2 Å².